The number of benzene rings is 1. The number of carbonyl (C=O) groups excluding carboxylic acids is 1. The molecule has 2 unspecified atom stereocenters. The third kappa shape index (κ3) is 1.88. The highest BCUT2D eigenvalue weighted by molar-refractivity contribution is 5.92. The van der Waals surface area contributed by atoms with E-state index in [1.54, 1.807) is 0 Å². The highest BCUT2D eigenvalue weighted by Crippen LogP contribution is 2.48. The van der Waals surface area contributed by atoms with Crippen molar-refractivity contribution in [1.29, 1.82) is 0 Å². The summed E-state index contributed by atoms with van der Waals surface area (Å²) in [4.78, 5) is 23.0. The largest absolute Gasteiger partial charge is 0.480 e. The van der Waals surface area contributed by atoms with Gasteiger partial charge in [-0.25, -0.2) is 4.79 Å². The van der Waals surface area contributed by atoms with Gasteiger partial charge in [-0.05, 0) is 30.7 Å². The van der Waals surface area contributed by atoms with Gasteiger partial charge in [-0.15, -0.1) is 0 Å². The summed E-state index contributed by atoms with van der Waals surface area (Å²) < 4.78 is 0. The summed E-state index contributed by atoms with van der Waals surface area (Å²) in [6, 6.07) is 9.90. The first-order valence-electron chi connectivity index (χ1n) is 6.23. The second-order valence-corrected chi connectivity index (χ2v) is 5.24. The Morgan fingerprint density at radius 3 is 2.44 bits per heavy atom. The Bertz CT molecular complexity index is 493. The van der Waals surface area contributed by atoms with E-state index in [2.05, 4.69) is 5.32 Å². The Kier molecular flexibility index (Phi) is 2.40. The molecule has 3 rings (SSSR count). The van der Waals surface area contributed by atoms with E-state index >= 15 is 0 Å². The van der Waals surface area contributed by atoms with Crippen molar-refractivity contribution in [3.8, 4) is 0 Å². The fourth-order valence-corrected chi connectivity index (χ4v) is 2.40. The van der Waals surface area contributed by atoms with Crippen LogP contribution in [0.3, 0.4) is 0 Å². The average molecular weight is 245 g/mol. The average Bonchev–Trinajstić information content (AvgIpc) is 3.24. The second-order valence-electron chi connectivity index (χ2n) is 5.24. The summed E-state index contributed by atoms with van der Waals surface area (Å²) in [5.74, 6) is -0.809. The molecule has 0 aliphatic heterocycles. The van der Waals surface area contributed by atoms with Crippen LogP contribution in [0.5, 0.6) is 0 Å². The number of amides is 1. The molecule has 4 nitrogen and oxygen atoms in total. The molecule has 0 spiro atoms. The van der Waals surface area contributed by atoms with Crippen LogP contribution in [0.1, 0.15) is 30.7 Å². The molecule has 2 aliphatic rings. The molecule has 0 aromatic heterocycles. The zero-order valence-corrected chi connectivity index (χ0v) is 9.93. The van der Waals surface area contributed by atoms with Crippen molar-refractivity contribution in [2.45, 2.75) is 30.7 Å². The fourth-order valence-electron chi connectivity index (χ4n) is 2.40. The van der Waals surface area contributed by atoms with E-state index in [0.717, 1.165) is 12.0 Å². The minimum absolute atomic E-state index is 0.0516. The maximum Gasteiger partial charge on any atom is 0.329 e. The Morgan fingerprint density at radius 2 is 1.89 bits per heavy atom. The van der Waals surface area contributed by atoms with Gasteiger partial charge >= 0.3 is 5.97 Å². The molecule has 18 heavy (non-hydrogen) atoms. The fraction of sp³-hybridized carbons (Fsp3) is 0.429. The number of carboxylic acid groups (broad SMARTS) is 1. The number of rotatable bonds is 4. The van der Waals surface area contributed by atoms with Crippen molar-refractivity contribution in [2.24, 2.45) is 5.92 Å². The van der Waals surface area contributed by atoms with Gasteiger partial charge in [-0.1, -0.05) is 30.3 Å². The molecular formula is C14H15NO3. The standard InChI is InChI=1S/C14H15NO3/c16-12(15-14(6-7-14)13(17)18)11-8-10(11)9-4-2-1-3-5-9/h1-5,10-11H,6-8H2,(H,15,16)(H,17,18). The van der Waals surface area contributed by atoms with Crippen LogP contribution >= 0.6 is 0 Å². The lowest BCUT2D eigenvalue weighted by Crippen LogP contribution is -2.43. The minimum Gasteiger partial charge on any atom is -0.480 e. The smallest absolute Gasteiger partial charge is 0.329 e. The van der Waals surface area contributed by atoms with Gasteiger partial charge in [-0.2, -0.15) is 0 Å². The summed E-state index contributed by atoms with van der Waals surface area (Å²) in [7, 11) is 0. The second kappa shape index (κ2) is 3.83. The van der Waals surface area contributed by atoms with Crippen molar-refractivity contribution in [3.63, 3.8) is 0 Å². The highest BCUT2D eigenvalue weighted by atomic mass is 16.4. The van der Waals surface area contributed by atoms with Crippen LogP contribution in [0.25, 0.3) is 0 Å². The molecule has 2 N–H and O–H groups in total. The van der Waals surface area contributed by atoms with Crippen molar-refractivity contribution < 1.29 is 14.7 Å². The lowest BCUT2D eigenvalue weighted by Gasteiger charge is -2.12. The lowest BCUT2D eigenvalue weighted by molar-refractivity contribution is -0.143. The summed E-state index contributed by atoms with van der Waals surface area (Å²) in [5, 5.41) is 11.7. The summed E-state index contributed by atoms with van der Waals surface area (Å²) >= 11 is 0. The number of nitrogens with one attached hydrogen (secondary N) is 1. The van der Waals surface area contributed by atoms with Gasteiger partial charge in [0.05, 0.1) is 0 Å². The molecular weight excluding hydrogens is 230 g/mol. The Labute approximate surface area is 105 Å². The molecule has 0 radical (unpaired) electrons. The zero-order chi connectivity index (χ0) is 12.8. The van der Waals surface area contributed by atoms with Crippen molar-refractivity contribution >= 4 is 11.9 Å². The first-order chi connectivity index (χ1) is 8.62. The molecule has 2 aliphatic carbocycles. The van der Waals surface area contributed by atoms with Gasteiger partial charge in [0.1, 0.15) is 5.54 Å². The van der Waals surface area contributed by atoms with Crippen molar-refractivity contribution in [3.05, 3.63) is 35.9 Å². The maximum absolute atomic E-state index is 12.0. The summed E-state index contributed by atoms with van der Waals surface area (Å²) in [6.45, 7) is 0. The monoisotopic (exact) mass is 245 g/mol. The minimum atomic E-state index is -0.957. The summed E-state index contributed by atoms with van der Waals surface area (Å²) in [6.07, 6.45) is 1.93. The van der Waals surface area contributed by atoms with Crippen LogP contribution in [-0.4, -0.2) is 22.5 Å². The molecule has 2 atom stereocenters. The van der Waals surface area contributed by atoms with Gasteiger partial charge in [-0.3, -0.25) is 4.79 Å². The zero-order valence-electron chi connectivity index (χ0n) is 9.93. The molecule has 1 aromatic rings. The molecule has 2 fully saturated rings. The molecule has 4 heteroatoms. The highest BCUT2D eigenvalue weighted by Gasteiger charge is 2.54. The third-order valence-electron chi connectivity index (χ3n) is 3.88. The van der Waals surface area contributed by atoms with Crippen LogP contribution < -0.4 is 5.32 Å². The van der Waals surface area contributed by atoms with E-state index < -0.39 is 11.5 Å². The first-order valence-corrected chi connectivity index (χ1v) is 6.23. The van der Waals surface area contributed by atoms with E-state index in [1.165, 1.54) is 0 Å². The molecule has 94 valence electrons. The van der Waals surface area contributed by atoms with Crippen LogP contribution in [0.2, 0.25) is 0 Å². The quantitative estimate of drug-likeness (QED) is 0.845. The molecule has 1 amide bonds. The van der Waals surface area contributed by atoms with Crippen LogP contribution in [0, 0.1) is 5.92 Å². The van der Waals surface area contributed by atoms with Crippen LogP contribution in [-0.2, 0) is 9.59 Å². The van der Waals surface area contributed by atoms with E-state index in [1.807, 2.05) is 30.3 Å². The molecule has 1 aromatic carbocycles. The van der Waals surface area contributed by atoms with Gasteiger partial charge in [0, 0.05) is 5.92 Å². The Morgan fingerprint density at radius 1 is 1.22 bits per heavy atom. The molecule has 0 saturated heterocycles. The van der Waals surface area contributed by atoms with Crippen molar-refractivity contribution in [2.75, 3.05) is 0 Å². The predicted octanol–water partition coefficient (Wildman–Crippen LogP) is 1.52. The number of carbonyl (C=O) groups is 2. The van der Waals surface area contributed by atoms with E-state index in [4.69, 9.17) is 5.11 Å². The molecule has 2 saturated carbocycles. The number of aliphatic carboxylic acids is 1. The first kappa shape index (κ1) is 11.3. The SMILES string of the molecule is O=C(NC1(C(=O)O)CC1)C1CC1c1ccccc1. The van der Waals surface area contributed by atoms with E-state index in [9.17, 15) is 9.59 Å². The molecule has 0 bridgehead atoms. The van der Waals surface area contributed by atoms with Gasteiger partial charge in [0.2, 0.25) is 5.91 Å². The number of carboxylic acids is 1. The van der Waals surface area contributed by atoms with Crippen LogP contribution in [0.4, 0.5) is 0 Å². The van der Waals surface area contributed by atoms with Crippen molar-refractivity contribution in [1.82, 2.24) is 5.32 Å². The van der Waals surface area contributed by atoms with Gasteiger partial charge in [0.25, 0.3) is 0 Å². The number of hydrogen-bond acceptors (Lipinski definition) is 2. The number of hydrogen-bond donors (Lipinski definition) is 2. The van der Waals surface area contributed by atoms with Crippen LogP contribution in [0.15, 0.2) is 30.3 Å². The summed E-state index contributed by atoms with van der Waals surface area (Å²) in [5.41, 5.74) is 0.207. The van der Waals surface area contributed by atoms with E-state index in [0.29, 0.717) is 12.8 Å². The maximum atomic E-state index is 12.0. The topological polar surface area (TPSA) is 66.4 Å². The van der Waals surface area contributed by atoms with Gasteiger partial charge < -0.3 is 10.4 Å². The molecule has 0 heterocycles. The Balaban J connectivity index is 1.62. The predicted molar refractivity (Wildman–Crippen MR) is 65.0 cm³/mol. The van der Waals surface area contributed by atoms with Gasteiger partial charge in [0.15, 0.2) is 0 Å². The normalized spacial score (nSPS) is 27.3. The Hall–Kier alpha value is -1.84. The third-order valence-corrected chi connectivity index (χ3v) is 3.88. The van der Waals surface area contributed by atoms with E-state index in [-0.39, 0.29) is 17.7 Å². The lowest BCUT2D eigenvalue weighted by atomic mass is 10.1.